The lowest BCUT2D eigenvalue weighted by Gasteiger charge is -2.29. The van der Waals surface area contributed by atoms with Crippen molar-refractivity contribution in [3.63, 3.8) is 0 Å². The first kappa shape index (κ1) is 25.9. The summed E-state index contributed by atoms with van der Waals surface area (Å²) in [6.07, 6.45) is 14.1. The summed E-state index contributed by atoms with van der Waals surface area (Å²) in [6.45, 7) is 7.70. The van der Waals surface area contributed by atoms with Gasteiger partial charge in [-0.1, -0.05) is 63.5 Å². The standard InChI is InChI=1S/C28H40O4/c1-4-5-6-9-22-11-15-24(16-12-22)25-17-13-23(14-18-25)20-26(27(29)30)10-7-8-19-32-28(31)21(2)3/h13-14,17-18,20,22,24H,2,4-12,15-16,19H2,1,3H3,(H,29,30)/t22-,24-. The minimum absolute atomic E-state index is 0.286. The molecule has 0 unspecified atom stereocenters. The van der Waals surface area contributed by atoms with Crippen LogP contribution in [-0.2, 0) is 14.3 Å². The molecule has 1 aromatic rings. The summed E-state index contributed by atoms with van der Waals surface area (Å²) in [6, 6.07) is 8.43. The number of benzene rings is 1. The van der Waals surface area contributed by atoms with Gasteiger partial charge in [-0.15, -0.1) is 0 Å². The molecule has 1 saturated carbocycles. The topological polar surface area (TPSA) is 63.6 Å². The van der Waals surface area contributed by atoms with Gasteiger partial charge >= 0.3 is 11.9 Å². The maximum Gasteiger partial charge on any atom is 0.333 e. The molecule has 0 bridgehead atoms. The second-order valence-electron chi connectivity index (χ2n) is 9.23. The lowest BCUT2D eigenvalue weighted by atomic mass is 9.77. The monoisotopic (exact) mass is 440 g/mol. The van der Waals surface area contributed by atoms with Crippen LogP contribution in [0.5, 0.6) is 0 Å². The predicted molar refractivity (Wildman–Crippen MR) is 131 cm³/mol. The van der Waals surface area contributed by atoms with Crippen LogP contribution in [0, 0.1) is 5.92 Å². The van der Waals surface area contributed by atoms with Gasteiger partial charge < -0.3 is 9.84 Å². The third kappa shape index (κ3) is 9.02. The number of carboxylic acids is 1. The Hall–Kier alpha value is -2.36. The van der Waals surface area contributed by atoms with Crippen LogP contribution in [0.15, 0.2) is 42.0 Å². The fourth-order valence-electron chi connectivity index (χ4n) is 4.48. The molecule has 1 aliphatic carbocycles. The SMILES string of the molecule is C=C(C)C(=O)OCCCCC(=Cc1ccc([C@H]2CC[C@H](CCCCC)CC2)cc1)C(=O)O. The summed E-state index contributed by atoms with van der Waals surface area (Å²) < 4.78 is 5.06. The van der Waals surface area contributed by atoms with Gasteiger partial charge in [-0.2, -0.15) is 0 Å². The van der Waals surface area contributed by atoms with Gasteiger partial charge in [0.1, 0.15) is 0 Å². The second kappa shape index (κ2) is 13.9. The molecule has 0 aromatic heterocycles. The largest absolute Gasteiger partial charge is 0.478 e. The molecule has 32 heavy (non-hydrogen) atoms. The Morgan fingerprint density at radius 1 is 1.06 bits per heavy atom. The minimum atomic E-state index is -0.894. The lowest BCUT2D eigenvalue weighted by molar-refractivity contribution is -0.139. The van der Waals surface area contributed by atoms with E-state index < -0.39 is 11.9 Å². The van der Waals surface area contributed by atoms with E-state index >= 15 is 0 Å². The van der Waals surface area contributed by atoms with Gasteiger partial charge in [-0.25, -0.2) is 9.59 Å². The molecule has 1 fully saturated rings. The first-order valence-corrected chi connectivity index (χ1v) is 12.3. The summed E-state index contributed by atoms with van der Waals surface area (Å²) in [5.74, 6) is 0.247. The van der Waals surface area contributed by atoms with E-state index in [9.17, 15) is 14.7 Å². The lowest BCUT2D eigenvalue weighted by Crippen LogP contribution is -2.13. The molecule has 0 saturated heterocycles. The van der Waals surface area contributed by atoms with Gasteiger partial charge in [0.15, 0.2) is 0 Å². The Bertz CT molecular complexity index is 767. The van der Waals surface area contributed by atoms with Crippen LogP contribution in [0.4, 0.5) is 0 Å². The van der Waals surface area contributed by atoms with Crippen molar-refractivity contribution in [2.75, 3.05) is 6.61 Å². The maximum absolute atomic E-state index is 11.6. The van der Waals surface area contributed by atoms with Crippen molar-refractivity contribution in [1.29, 1.82) is 0 Å². The average molecular weight is 441 g/mol. The van der Waals surface area contributed by atoms with E-state index in [4.69, 9.17) is 4.74 Å². The van der Waals surface area contributed by atoms with E-state index in [0.29, 0.717) is 36.3 Å². The fourth-order valence-corrected chi connectivity index (χ4v) is 4.48. The fraction of sp³-hybridized carbons (Fsp3) is 0.571. The van der Waals surface area contributed by atoms with E-state index in [1.807, 2.05) is 12.1 Å². The molecule has 0 radical (unpaired) electrons. The summed E-state index contributed by atoms with van der Waals surface area (Å²) in [4.78, 5) is 23.0. The van der Waals surface area contributed by atoms with E-state index in [1.54, 1.807) is 13.0 Å². The van der Waals surface area contributed by atoms with Crippen LogP contribution in [0.1, 0.15) is 102 Å². The van der Waals surface area contributed by atoms with Crippen LogP contribution < -0.4 is 0 Å². The Kier molecular flexibility index (Phi) is 11.3. The minimum Gasteiger partial charge on any atom is -0.478 e. The number of ether oxygens (including phenoxy) is 1. The Morgan fingerprint density at radius 3 is 2.34 bits per heavy atom. The number of esters is 1. The zero-order valence-electron chi connectivity index (χ0n) is 19.9. The highest BCUT2D eigenvalue weighted by molar-refractivity contribution is 5.92. The highest BCUT2D eigenvalue weighted by Gasteiger charge is 2.22. The molecule has 1 aliphatic rings. The highest BCUT2D eigenvalue weighted by Crippen LogP contribution is 2.37. The maximum atomic E-state index is 11.6. The molecule has 0 atom stereocenters. The molecule has 0 aliphatic heterocycles. The number of carbonyl (C=O) groups excluding carboxylic acids is 1. The molecule has 0 heterocycles. The van der Waals surface area contributed by atoms with Gasteiger partial charge in [-0.3, -0.25) is 0 Å². The van der Waals surface area contributed by atoms with Crippen molar-refractivity contribution >= 4 is 18.0 Å². The summed E-state index contributed by atoms with van der Waals surface area (Å²) >= 11 is 0. The molecule has 1 N–H and O–H groups in total. The number of rotatable bonds is 13. The van der Waals surface area contributed by atoms with E-state index in [2.05, 4.69) is 25.6 Å². The first-order chi connectivity index (χ1) is 15.4. The second-order valence-corrected chi connectivity index (χ2v) is 9.23. The van der Waals surface area contributed by atoms with Gasteiger partial charge in [-0.05, 0) is 80.9 Å². The number of carbonyl (C=O) groups is 2. The van der Waals surface area contributed by atoms with Crippen molar-refractivity contribution in [2.45, 2.75) is 90.4 Å². The van der Waals surface area contributed by atoms with Crippen molar-refractivity contribution < 1.29 is 19.4 Å². The normalized spacial score (nSPS) is 18.9. The molecule has 2 rings (SSSR count). The molecule has 176 valence electrons. The number of hydrogen-bond acceptors (Lipinski definition) is 3. The number of unbranched alkanes of at least 4 members (excludes halogenated alkanes) is 3. The third-order valence-electron chi connectivity index (χ3n) is 6.51. The molecule has 4 heteroatoms. The zero-order valence-corrected chi connectivity index (χ0v) is 19.9. The van der Waals surface area contributed by atoms with Crippen molar-refractivity contribution in [2.24, 2.45) is 5.92 Å². The smallest absolute Gasteiger partial charge is 0.333 e. The molecular formula is C28H40O4. The van der Waals surface area contributed by atoms with E-state index in [-0.39, 0.29) is 6.61 Å². The third-order valence-corrected chi connectivity index (χ3v) is 6.51. The highest BCUT2D eigenvalue weighted by atomic mass is 16.5. The van der Waals surface area contributed by atoms with Gasteiger partial charge in [0.05, 0.1) is 6.61 Å². The first-order valence-electron chi connectivity index (χ1n) is 12.3. The summed E-state index contributed by atoms with van der Waals surface area (Å²) in [5.41, 5.74) is 3.06. The van der Waals surface area contributed by atoms with E-state index in [1.165, 1.54) is 56.9 Å². The molecule has 0 amide bonds. The van der Waals surface area contributed by atoms with Crippen molar-refractivity contribution in [3.05, 3.63) is 53.1 Å². The van der Waals surface area contributed by atoms with Crippen LogP contribution in [0.3, 0.4) is 0 Å². The van der Waals surface area contributed by atoms with Crippen LogP contribution in [0.25, 0.3) is 6.08 Å². The quantitative estimate of drug-likeness (QED) is 0.199. The van der Waals surface area contributed by atoms with E-state index in [0.717, 1.165) is 11.5 Å². The number of aliphatic carboxylic acids is 1. The molecule has 0 spiro atoms. The van der Waals surface area contributed by atoms with Gasteiger partial charge in [0.25, 0.3) is 0 Å². The van der Waals surface area contributed by atoms with Gasteiger partial charge in [0.2, 0.25) is 0 Å². The number of carboxylic acid groups (broad SMARTS) is 1. The number of hydrogen-bond donors (Lipinski definition) is 1. The molecule has 4 nitrogen and oxygen atoms in total. The zero-order chi connectivity index (χ0) is 23.3. The van der Waals surface area contributed by atoms with Crippen LogP contribution in [-0.4, -0.2) is 23.7 Å². The van der Waals surface area contributed by atoms with Crippen molar-refractivity contribution in [1.82, 2.24) is 0 Å². The van der Waals surface area contributed by atoms with Crippen LogP contribution >= 0.6 is 0 Å². The summed E-state index contributed by atoms with van der Waals surface area (Å²) in [5, 5.41) is 9.55. The molecule has 1 aromatic carbocycles. The summed E-state index contributed by atoms with van der Waals surface area (Å²) in [7, 11) is 0. The Balaban J connectivity index is 1.82. The predicted octanol–water partition coefficient (Wildman–Crippen LogP) is 7.30. The average Bonchev–Trinajstić information content (AvgIpc) is 2.79. The van der Waals surface area contributed by atoms with Gasteiger partial charge in [0, 0.05) is 11.1 Å². The molecular weight excluding hydrogens is 400 g/mol. The van der Waals surface area contributed by atoms with Crippen LogP contribution in [0.2, 0.25) is 0 Å². The van der Waals surface area contributed by atoms with Crippen molar-refractivity contribution in [3.8, 4) is 0 Å². The Labute approximate surface area is 193 Å². The Morgan fingerprint density at radius 2 is 1.75 bits per heavy atom.